The van der Waals surface area contributed by atoms with E-state index in [1.54, 1.807) is 6.20 Å². The molecule has 84 valence electrons. The van der Waals surface area contributed by atoms with Crippen LogP contribution >= 0.6 is 0 Å². The zero-order chi connectivity index (χ0) is 11.8. The van der Waals surface area contributed by atoms with Crippen LogP contribution < -0.4 is 5.73 Å². The van der Waals surface area contributed by atoms with E-state index in [-0.39, 0.29) is 0 Å². The molecule has 0 aliphatic heterocycles. The van der Waals surface area contributed by atoms with E-state index in [0.717, 1.165) is 16.7 Å². The number of rotatable bonds is 0. The summed E-state index contributed by atoms with van der Waals surface area (Å²) in [5, 5.41) is 1.09. The van der Waals surface area contributed by atoms with E-state index in [0.29, 0.717) is 0 Å². The Balaban J connectivity index is 0.000000442. The van der Waals surface area contributed by atoms with E-state index < -0.39 is 0 Å². The summed E-state index contributed by atoms with van der Waals surface area (Å²) < 4.78 is 1.94. The van der Waals surface area contributed by atoms with Gasteiger partial charge in [0.25, 0.3) is 0 Å². The quantitative estimate of drug-likeness (QED) is 0.721. The lowest BCUT2D eigenvalue weighted by atomic mass is 10.3. The molecule has 2 rings (SSSR count). The predicted octanol–water partition coefficient (Wildman–Crippen LogP) is 3.21. The van der Waals surface area contributed by atoms with E-state index in [9.17, 15) is 0 Å². The topological polar surface area (TPSA) is 43.8 Å². The molecule has 0 fully saturated rings. The number of pyridine rings is 1. The van der Waals surface area contributed by atoms with E-state index in [2.05, 4.69) is 4.98 Å². The van der Waals surface area contributed by atoms with Crippen LogP contribution in [-0.2, 0) is 7.05 Å². The molecule has 3 nitrogen and oxygen atoms in total. The fourth-order valence-electron chi connectivity index (χ4n) is 1.21. The van der Waals surface area contributed by atoms with Crippen molar-refractivity contribution in [1.82, 2.24) is 9.55 Å². The fourth-order valence-corrected chi connectivity index (χ4v) is 1.21. The Kier molecular flexibility index (Phi) is 6.18. The lowest BCUT2D eigenvalue weighted by molar-refractivity contribution is 0.982. The van der Waals surface area contributed by atoms with Gasteiger partial charge in [0.15, 0.2) is 0 Å². The highest BCUT2D eigenvalue weighted by molar-refractivity contribution is 5.83. The van der Waals surface area contributed by atoms with Crippen LogP contribution in [0, 0.1) is 0 Å². The lowest BCUT2D eigenvalue weighted by Gasteiger charge is -1.95. The van der Waals surface area contributed by atoms with Gasteiger partial charge >= 0.3 is 0 Å². The molecule has 2 heterocycles. The summed E-state index contributed by atoms with van der Waals surface area (Å²) in [5.41, 5.74) is 6.81. The Labute approximate surface area is 91.9 Å². The van der Waals surface area contributed by atoms with Gasteiger partial charge in [-0.2, -0.15) is 0 Å². The minimum absolute atomic E-state index is 0.771. The van der Waals surface area contributed by atoms with Crippen LogP contribution in [0.25, 0.3) is 10.9 Å². The van der Waals surface area contributed by atoms with Crippen LogP contribution in [0.15, 0.2) is 24.5 Å². The molecule has 0 aromatic carbocycles. The van der Waals surface area contributed by atoms with Gasteiger partial charge in [-0.3, -0.25) is 4.98 Å². The molecule has 0 saturated heterocycles. The molecule has 0 bridgehead atoms. The molecular formula is C12H21N3. The number of hydrogen-bond donors (Lipinski definition) is 1. The summed E-state index contributed by atoms with van der Waals surface area (Å²) >= 11 is 0. The van der Waals surface area contributed by atoms with E-state index in [1.807, 2.05) is 57.6 Å². The molecule has 0 aliphatic carbocycles. The molecule has 2 N–H and O–H groups in total. The second kappa shape index (κ2) is 6.87. The standard InChI is InChI=1S/C8H9N3.2C2H6/c1-11-7-2-3-10-5-6(7)4-8(11)9;2*1-2/h2-5H,9H2,1H3;2*1-2H3. The Morgan fingerprint density at radius 2 is 1.80 bits per heavy atom. The number of nitrogens with two attached hydrogens (primary N) is 1. The van der Waals surface area contributed by atoms with Crippen molar-refractivity contribution in [2.45, 2.75) is 27.7 Å². The van der Waals surface area contributed by atoms with E-state index in [1.165, 1.54) is 0 Å². The number of aromatic nitrogens is 2. The normalized spacial score (nSPS) is 8.60. The van der Waals surface area contributed by atoms with Crippen molar-refractivity contribution in [3.8, 4) is 0 Å². The Hall–Kier alpha value is -1.51. The SMILES string of the molecule is CC.CC.Cn1c(N)cc2cnccc21. The first kappa shape index (κ1) is 13.5. The third-order valence-electron chi connectivity index (χ3n) is 1.88. The summed E-state index contributed by atoms with van der Waals surface area (Å²) in [6.07, 6.45) is 3.58. The smallest absolute Gasteiger partial charge is 0.104 e. The van der Waals surface area contributed by atoms with Crippen LogP contribution in [0.3, 0.4) is 0 Å². The average molecular weight is 207 g/mol. The highest BCUT2D eigenvalue weighted by Crippen LogP contribution is 2.17. The van der Waals surface area contributed by atoms with Gasteiger partial charge in [-0.25, -0.2) is 0 Å². The molecule has 0 aliphatic rings. The van der Waals surface area contributed by atoms with Crippen LogP contribution in [0.1, 0.15) is 27.7 Å². The number of aryl methyl sites for hydroxylation is 1. The number of fused-ring (bicyclic) bond motifs is 1. The first-order chi connectivity index (χ1) is 7.29. The summed E-state index contributed by atoms with van der Waals surface area (Å²) in [6, 6.07) is 3.87. The van der Waals surface area contributed by atoms with Crippen LogP contribution in [0.4, 0.5) is 5.82 Å². The molecule has 0 saturated carbocycles. The number of nitrogens with zero attached hydrogens (tertiary/aromatic N) is 2. The molecular weight excluding hydrogens is 186 g/mol. The maximum Gasteiger partial charge on any atom is 0.104 e. The summed E-state index contributed by atoms with van der Waals surface area (Å²) in [7, 11) is 1.94. The molecule has 0 radical (unpaired) electrons. The summed E-state index contributed by atoms with van der Waals surface area (Å²) in [4.78, 5) is 4.00. The molecule has 3 heteroatoms. The van der Waals surface area contributed by atoms with Gasteiger partial charge in [-0.15, -0.1) is 0 Å². The average Bonchev–Trinajstić information content (AvgIpc) is 2.61. The minimum atomic E-state index is 0.771. The van der Waals surface area contributed by atoms with E-state index in [4.69, 9.17) is 5.73 Å². The highest BCUT2D eigenvalue weighted by atomic mass is 15.0. The minimum Gasteiger partial charge on any atom is -0.385 e. The van der Waals surface area contributed by atoms with Gasteiger partial charge < -0.3 is 10.3 Å². The predicted molar refractivity (Wildman–Crippen MR) is 67.8 cm³/mol. The van der Waals surface area contributed by atoms with Gasteiger partial charge in [0, 0.05) is 24.8 Å². The van der Waals surface area contributed by atoms with Gasteiger partial charge in [-0.05, 0) is 12.1 Å². The van der Waals surface area contributed by atoms with Crippen molar-refractivity contribution in [1.29, 1.82) is 0 Å². The zero-order valence-electron chi connectivity index (χ0n) is 10.3. The molecule has 2 aromatic rings. The van der Waals surface area contributed by atoms with Gasteiger partial charge in [-0.1, -0.05) is 27.7 Å². The van der Waals surface area contributed by atoms with Crippen molar-refractivity contribution in [2.24, 2.45) is 7.05 Å². The molecule has 2 aromatic heterocycles. The lowest BCUT2D eigenvalue weighted by Crippen LogP contribution is -1.94. The second-order valence-corrected chi connectivity index (χ2v) is 2.56. The van der Waals surface area contributed by atoms with Crippen molar-refractivity contribution in [3.63, 3.8) is 0 Å². The molecule has 0 spiro atoms. The highest BCUT2D eigenvalue weighted by Gasteiger charge is 1.99. The maximum absolute atomic E-state index is 5.69. The summed E-state index contributed by atoms with van der Waals surface area (Å²) in [5.74, 6) is 0.771. The largest absolute Gasteiger partial charge is 0.385 e. The van der Waals surface area contributed by atoms with Crippen molar-refractivity contribution < 1.29 is 0 Å². The maximum atomic E-state index is 5.69. The zero-order valence-corrected chi connectivity index (χ0v) is 10.3. The Morgan fingerprint density at radius 3 is 2.33 bits per heavy atom. The van der Waals surface area contributed by atoms with Crippen molar-refractivity contribution >= 4 is 16.7 Å². The summed E-state index contributed by atoms with van der Waals surface area (Å²) in [6.45, 7) is 8.00. The van der Waals surface area contributed by atoms with Crippen LogP contribution in [-0.4, -0.2) is 9.55 Å². The molecule has 0 atom stereocenters. The Bertz CT molecular complexity index is 391. The monoisotopic (exact) mass is 207 g/mol. The molecule has 0 amide bonds. The second-order valence-electron chi connectivity index (χ2n) is 2.56. The fraction of sp³-hybridized carbons (Fsp3) is 0.417. The first-order valence-corrected chi connectivity index (χ1v) is 5.44. The molecule has 15 heavy (non-hydrogen) atoms. The van der Waals surface area contributed by atoms with Gasteiger partial charge in [0.05, 0.1) is 5.52 Å². The van der Waals surface area contributed by atoms with Crippen LogP contribution in [0.5, 0.6) is 0 Å². The van der Waals surface area contributed by atoms with Gasteiger partial charge in [0.2, 0.25) is 0 Å². The van der Waals surface area contributed by atoms with E-state index >= 15 is 0 Å². The number of hydrogen-bond acceptors (Lipinski definition) is 2. The van der Waals surface area contributed by atoms with Crippen molar-refractivity contribution in [2.75, 3.05) is 5.73 Å². The number of nitrogen functional groups attached to an aromatic ring is 1. The third-order valence-corrected chi connectivity index (χ3v) is 1.88. The van der Waals surface area contributed by atoms with Crippen molar-refractivity contribution in [3.05, 3.63) is 24.5 Å². The Morgan fingerprint density at radius 1 is 1.20 bits per heavy atom. The molecule has 0 unspecified atom stereocenters. The number of anilines is 1. The first-order valence-electron chi connectivity index (χ1n) is 5.44. The third kappa shape index (κ3) is 2.98. The van der Waals surface area contributed by atoms with Gasteiger partial charge in [0.1, 0.15) is 5.82 Å². The van der Waals surface area contributed by atoms with Crippen LogP contribution in [0.2, 0.25) is 0 Å².